The first kappa shape index (κ1) is 15.4. The molecule has 0 fully saturated rings. The third kappa shape index (κ3) is 4.01. The van der Waals surface area contributed by atoms with Crippen molar-refractivity contribution in [1.29, 1.82) is 0 Å². The molecule has 0 bridgehead atoms. The zero-order valence-electron chi connectivity index (χ0n) is 11.1. The fraction of sp³-hybridized carbons (Fsp3) is 0.133. The average molecular weight is 311 g/mol. The maximum Gasteiger partial charge on any atom is 0.416 e. The second-order valence-corrected chi connectivity index (χ2v) is 5.14. The molecular formula is C15H12F3NOS. The van der Waals surface area contributed by atoms with Gasteiger partial charge in [-0.2, -0.15) is 13.2 Å². The highest BCUT2D eigenvalue weighted by Crippen LogP contribution is 2.29. The monoisotopic (exact) mass is 311 g/mol. The third-order valence-electron chi connectivity index (χ3n) is 2.80. The van der Waals surface area contributed by atoms with Gasteiger partial charge in [-0.3, -0.25) is 4.79 Å². The van der Waals surface area contributed by atoms with Crippen LogP contribution in [0.2, 0.25) is 0 Å². The number of thioether (sulfide) groups is 1. The molecule has 2 rings (SSSR count). The number of carbonyl (C=O) groups excluding carboxylic acids is 1. The minimum atomic E-state index is -4.40. The summed E-state index contributed by atoms with van der Waals surface area (Å²) in [5, 5.41) is 2.66. The van der Waals surface area contributed by atoms with Crippen molar-refractivity contribution in [2.45, 2.75) is 11.1 Å². The fourth-order valence-electron chi connectivity index (χ4n) is 1.71. The van der Waals surface area contributed by atoms with Crippen LogP contribution in [-0.4, -0.2) is 12.2 Å². The minimum absolute atomic E-state index is 0.178. The standard InChI is InChI=1S/C15H12F3NOS/c1-21-13-4-2-3-12(9-13)19-14(20)10-5-7-11(8-6-10)15(16,17)18/h2-9H,1H3,(H,19,20). The summed E-state index contributed by atoms with van der Waals surface area (Å²) in [4.78, 5) is 13.0. The second-order valence-electron chi connectivity index (χ2n) is 4.26. The molecular weight excluding hydrogens is 299 g/mol. The molecule has 0 heterocycles. The van der Waals surface area contributed by atoms with Crippen LogP contribution in [0.5, 0.6) is 0 Å². The Bertz CT molecular complexity index is 638. The van der Waals surface area contributed by atoms with Crippen molar-refractivity contribution in [3.63, 3.8) is 0 Å². The van der Waals surface area contributed by atoms with Gasteiger partial charge in [0, 0.05) is 16.1 Å². The van der Waals surface area contributed by atoms with Gasteiger partial charge in [-0.1, -0.05) is 6.07 Å². The number of hydrogen-bond acceptors (Lipinski definition) is 2. The number of alkyl halides is 3. The molecule has 1 N–H and O–H groups in total. The Morgan fingerprint density at radius 1 is 1.10 bits per heavy atom. The number of hydrogen-bond donors (Lipinski definition) is 1. The normalized spacial score (nSPS) is 11.2. The van der Waals surface area contributed by atoms with E-state index in [1.165, 1.54) is 11.8 Å². The van der Waals surface area contributed by atoms with Crippen molar-refractivity contribution < 1.29 is 18.0 Å². The summed E-state index contributed by atoms with van der Waals surface area (Å²) < 4.78 is 37.3. The number of halogens is 3. The van der Waals surface area contributed by atoms with Gasteiger partial charge in [-0.15, -0.1) is 11.8 Å². The maximum absolute atomic E-state index is 12.4. The van der Waals surface area contributed by atoms with E-state index in [0.29, 0.717) is 5.69 Å². The highest BCUT2D eigenvalue weighted by Gasteiger charge is 2.30. The summed E-state index contributed by atoms with van der Waals surface area (Å²) in [6, 6.07) is 11.3. The molecule has 2 aromatic carbocycles. The molecule has 2 nitrogen and oxygen atoms in total. The average Bonchev–Trinajstić information content (AvgIpc) is 2.46. The van der Waals surface area contributed by atoms with Gasteiger partial charge in [-0.25, -0.2) is 0 Å². The highest BCUT2D eigenvalue weighted by atomic mass is 32.2. The van der Waals surface area contributed by atoms with Crippen molar-refractivity contribution in [2.75, 3.05) is 11.6 Å². The van der Waals surface area contributed by atoms with Crippen LogP contribution in [0.1, 0.15) is 15.9 Å². The summed E-state index contributed by atoms with van der Waals surface area (Å²) in [5.74, 6) is -0.443. The van der Waals surface area contributed by atoms with Crippen LogP contribution in [0, 0.1) is 0 Å². The van der Waals surface area contributed by atoms with E-state index in [2.05, 4.69) is 5.32 Å². The smallest absolute Gasteiger partial charge is 0.322 e. The molecule has 110 valence electrons. The molecule has 0 spiro atoms. The van der Waals surface area contributed by atoms with Crippen LogP contribution in [0.15, 0.2) is 53.4 Å². The molecule has 21 heavy (non-hydrogen) atoms. The summed E-state index contributed by atoms with van der Waals surface area (Å²) in [6.07, 6.45) is -2.49. The van der Waals surface area contributed by atoms with Gasteiger partial charge in [0.15, 0.2) is 0 Å². The molecule has 0 atom stereocenters. The zero-order chi connectivity index (χ0) is 15.5. The first-order chi connectivity index (χ1) is 9.90. The van der Waals surface area contributed by atoms with E-state index in [4.69, 9.17) is 0 Å². The van der Waals surface area contributed by atoms with E-state index >= 15 is 0 Å². The lowest BCUT2D eigenvalue weighted by molar-refractivity contribution is -0.137. The molecule has 0 aromatic heterocycles. The van der Waals surface area contributed by atoms with Crippen molar-refractivity contribution in [1.82, 2.24) is 0 Å². The van der Waals surface area contributed by atoms with Gasteiger partial charge < -0.3 is 5.32 Å². The number of carbonyl (C=O) groups is 1. The Balaban J connectivity index is 2.13. The summed E-state index contributed by atoms with van der Waals surface area (Å²) >= 11 is 1.53. The lowest BCUT2D eigenvalue weighted by atomic mass is 10.1. The quantitative estimate of drug-likeness (QED) is 0.834. The Labute approximate surface area is 124 Å². The lowest BCUT2D eigenvalue weighted by Crippen LogP contribution is -2.12. The lowest BCUT2D eigenvalue weighted by Gasteiger charge is -2.09. The van der Waals surface area contributed by atoms with E-state index in [-0.39, 0.29) is 5.56 Å². The van der Waals surface area contributed by atoms with Crippen molar-refractivity contribution in [3.05, 3.63) is 59.7 Å². The zero-order valence-corrected chi connectivity index (χ0v) is 11.9. The van der Waals surface area contributed by atoms with Crippen LogP contribution in [0.4, 0.5) is 18.9 Å². The Morgan fingerprint density at radius 3 is 2.33 bits per heavy atom. The van der Waals surface area contributed by atoms with Crippen LogP contribution in [0.3, 0.4) is 0 Å². The number of rotatable bonds is 3. The highest BCUT2D eigenvalue weighted by molar-refractivity contribution is 7.98. The Morgan fingerprint density at radius 2 is 1.76 bits per heavy atom. The summed E-state index contributed by atoms with van der Waals surface area (Å²) in [7, 11) is 0. The number of anilines is 1. The van der Waals surface area contributed by atoms with E-state index in [0.717, 1.165) is 29.2 Å². The number of amides is 1. The second kappa shape index (κ2) is 6.22. The van der Waals surface area contributed by atoms with Crippen LogP contribution in [-0.2, 0) is 6.18 Å². The molecule has 0 aliphatic rings. The van der Waals surface area contributed by atoms with E-state index in [1.807, 2.05) is 12.3 Å². The molecule has 1 amide bonds. The molecule has 6 heteroatoms. The molecule has 2 aromatic rings. The van der Waals surface area contributed by atoms with Crippen LogP contribution in [0.25, 0.3) is 0 Å². The van der Waals surface area contributed by atoms with Crippen LogP contribution < -0.4 is 5.32 Å². The predicted molar refractivity (Wildman–Crippen MR) is 77.6 cm³/mol. The van der Waals surface area contributed by atoms with Crippen molar-refractivity contribution >= 4 is 23.4 Å². The molecule has 0 radical (unpaired) electrons. The van der Waals surface area contributed by atoms with Crippen molar-refractivity contribution in [2.24, 2.45) is 0 Å². The van der Waals surface area contributed by atoms with Gasteiger partial charge in [-0.05, 0) is 48.7 Å². The van der Waals surface area contributed by atoms with Crippen molar-refractivity contribution in [3.8, 4) is 0 Å². The summed E-state index contributed by atoms with van der Waals surface area (Å²) in [6.45, 7) is 0. The first-order valence-corrected chi connectivity index (χ1v) is 7.25. The number of benzene rings is 2. The van der Waals surface area contributed by atoms with Gasteiger partial charge in [0.25, 0.3) is 5.91 Å². The fourth-order valence-corrected chi connectivity index (χ4v) is 2.17. The predicted octanol–water partition coefficient (Wildman–Crippen LogP) is 4.68. The largest absolute Gasteiger partial charge is 0.416 e. The number of nitrogens with one attached hydrogen (secondary N) is 1. The SMILES string of the molecule is CSc1cccc(NC(=O)c2ccc(C(F)(F)F)cc2)c1. The molecule has 0 aliphatic carbocycles. The van der Waals surface area contributed by atoms with Gasteiger partial charge >= 0.3 is 6.18 Å². The molecule has 0 unspecified atom stereocenters. The van der Waals surface area contributed by atoms with Gasteiger partial charge in [0.2, 0.25) is 0 Å². The minimum Gasteiger partial charge on any atom is -0.322 e. The van der Waals surface area contributed by atoms with E-state index in [1.54, 1.807) is 18.2 Å². The maximum atomic E-state index is 12.4. The Hall–Kier alpha value is -1.95. The van der Waals surface area contributed by atoms with Gasteiger partial charge in [0.05, 0.1) is 5.56 Å². The molecule has 0 aliphatic heterocycles. The first-order valence-electron chi connectivity index (χ1n) is 6.03. The Kier molecular flexibility index (Phi) is 4.57. The topological polar surface area (TPSA) is 29.1 Å². The molecule has 0 saturated carbocycles. The molecule has 0 saturated heterocycles. The van der Waals surface area contributed by atoms with E-state index < -0.39 is 17.6 Å². The van der Waals surface area contributed by atoms with Gasteiger partial charge in [0.1, 0.15) is 0 Å². The van der Waals surface area contributed by atoms with Crippen LogP contribution >= 0.6 is 11.8 Å². The summed E-state index contributed by atoms with van der Waals surface area (Å²) in [5.41, 5.74) is 0.00716. The van der Waals surface area contributed by atoms with E-state index in [9.17, 15) is 18.0 Å². The third-order valence-corrected chi connectivity index (χ3v) is 3.53.